The van der Waals surface area contributed by atoms with Crippen molar-refractivity contribution in [3.05, 3.63) is 16.4 Å². The molecule has 0 amide bonds. The zero-order valence-electron chi connectivity index (χ0n) is 11.0. The molecule has 96 valence electrons. The van der Waals surface area contributed by atoms with Gasteiger partial charge in [-0.25, -0.2) is 0 Å². The number of rotatable bonds is 3. The van der Waals surface area contributed by atoms with Crippen LogP contribution in [0.1, 0.15) is 44.5 Å². The zero-order chi connectivity index (χ0) is 12.6. The van der Waals surface area contributed by atoms with Crippen LogP contribution in [0.25, 0.3) is 0 Å². The van der Waals surface area contributed by atoms with Crippen LogP contribution in [0, 0.1) is 5.41 Å². The maximum Gasteiger partial charge on any atom is 0.0849 e. The van der Waals surface area contributed by atoms with Crippen molar-refractivity contribution in [2.24, 2.45) is 18.2 Å². The van der Waals surface area contributed by atoms with E-state index in [0.29, 0.717) is 11.5 Å². The molecule has 4 heteroatoms. The Labute approximate surface area is 108 Å². The molecule has 1 aromatic rings. The van der Waals surface area contributed by atoms with E-state index in [2.05, 4.69) is 18.9 Å². The van der Waals surface area contributed by atoms with Crippen LogP contribution in [-0.4, -0.2) is 15.8 Å². The van der Waals surface area contributed by atoms with E-state index in [9.17, 15) is 0 Å². The Bertz CT molecular complexity index is 413. The molecule has 1 fully saturated rings. The topological polar surface area (TPSA) is 43.8 Å². The molecule has 0 saturated heterocycles. The summed E-state index contributed by atoms with van der Waals surface area (Å²) >= 11 is 6.39. The van der Waals surface area contributed by atoms with Crippen molar-refractivity contribution in [1.82, 2.24) is 9.78 Å². The highest BCUT2D eigenvalue weighted by Gasteiger charge is 2.35. The highest BCUT2D eigenvalue weighted by molar-refractivity contribution is 6.31. The van der Waals surface area contributed by atoms with Crippen LogP contribution >= 0.6 is 11.6 Å². The normalized spacial score (nSPS) is 28.9. The van der Waals surface area contributed by atoms with Gasteiger partial charge in [0.05, 0.1) is 16.4 Å². The minimum Gasteiger partial charge on any atom is -0.328 e. The number of hydrogen-bond acceptors (Lipinski definition) is 2. The van der Waals surface area contributed by atoms with Crippen molar-refractivity contribution in [3.63, 3.8) is 0 Å². The van der Waals surface area contributed by atoms with Crippen LogP contribution < -0.4 is 5.73 Å². The number of hydrogen-bond donors (Lipinski definition) is 1. The largest absolute Gasteiger partial charge is 0.328 e. The number of aryl methyl sites for hydroxylation is 2. The Morgan fingerprint density at radius 2 is 2.29 bits per heavy atom. The van der Waals surface area contributed by atoms with E-state index in [0.717, 1.165) is 36.4 Å². The van der Waals surface area contributed by atoms with Crippen LogP contribution in [0.5, 0.6) is 0 Å². The first-order chi connectivity index (χ1) is 7.95. The summed E-state index contributed by atoms with van der Waals surface area (Å²) in [6, 6.07) is 0.359. The van der Waals surface area contributed by atoms with Gasteiger partial charge >= 0.3 is 0 Å². The van der Waals surface area contributed by atoms with Crippen molar-refractivity contribution >= 4 is 11.6 Å². The monoisotopic (exact) mass is 255 g/mol. The minimum absolute atomic E-state index is 0.294. The molecule has 0 radical (unpaired) electrons. The van der Waals surface area contributed by atoms with Crippen molar-refractivity contribution in [2.45, 2.75) is 52.0 Å². The third-order valence-electron chi connectivity index (χ3n) is 3.97. The Hall–Kier alpha value is -0.540. The number of nitrogens with zero attached hydrogens (tertiary/aromatic N) is 2. The summed E-state index contributed by atoms with van der Waals surface area (Å²) in [5.74, 6) is 0. The molecule has 1 saturated carbocycles. The van der Waals surface area contributed by atoms with E-state index in [-0.39, 0.29) is 0 Å². The lowest BCUT2D eigenvalue weighted by molar-refractivity contribution is 0.321. The molecule has 0 aliphatic heterocycles. The molecule has 3 nitrogen and oxygen atoms in total. The molecule has 0 spiro atoms. The lowest BCUT2D eigenvalue weighted by atomic mass is 9.83. The lowest BCUT2D eigenvalue weighted by Crippen LogP contribution is -2.22. The fourth-order valence-corrected chi connectivity index (χ4v) is 3.31. The summed E-state index contributed by atoms with van der Waals surface area (Å²) < 4.78 is 1.94. The Morgan fingerprint density at radius 3 is 2.76 bits per heavy atom. The summed E-state index contributed by atoms with van der Waals surface area (Å²) in [5, 5.41) is 5.33. The summed E-state index contributed by atoms with van der Waals surface area (Å²) in [6.45, 7) is 4.40. The quantitative estimate of drug-likeness (QED) is 0.903. The van der Waals surface area contributed by atoms with Crippen LogP contribution in [0.15, 0.2) is 0 Å². The number of aromatic nitrogens is 2. The van der Waals surface area contributed by atoms with Crippen molar-refractivity contribution in [2.75, 3.05) is 0 Å². The number of nitrogens with two attached hydrogens (primary N) is 1. The first-order valence-electron chi connectivity index (χ1n) is 6.41. The molecule has 1 aliphatic carbocycles. The van der Waals surface area contributed by atoms with Gasteiger partial charge in [0.25, 0.3) is 0 Å². The van der Waals surface area contributed by atoms with Gasteiger partial charge < -0.3 is 5.73 Å². The van der Waals surface area contributed by atoms with Crippen LogP contribution in [-0.2, 0) is 19.9 Å². The average Bonchev–Trinajstić information content (AvgIpc) is 2.73. The van der Waals surface area contributed by atoms with Crippen molar-refractivity contribution in [1.29, 1.82) is 0 Å². The summed E-state index contributed by atoms with van der Waals surface area (Å²) in [6.07, 6.45) is 5.30. The molecular formula is C13H22ClN3. The van der Waals surface area contributed by atoms with Gasteiger partial charge in [-0.3, -0.25) is 4.68 Å². The maximum absolute atomic E-state index is 6.39. The smallest absolute Gasteiger partial charge is 0.0849 e. The molecule has 17 heavy (non-hydrogen) atoms. The van der Waals surface area contributed by atoms with Crippen LogP contribution in [0.4, 0.5) is 0 Å². The standard InChI is InChI=1S/C13H22ClN3/c1-4-10-12(14)11(17(3)16-10)8-13(2)6-5-9(15)7-13/h9H,4-8,15H2,1-3H3. The summed E-state index contributed by atoms with van der Waals surface area (Å²) in [7, 11) is 1.98. The van der Waals surface area contributed by atoms with Gasteiger partial charge in [0.1, 0.15) is 0 Å². The van der Waals surface area contributed by atoms with Gasteiger partial charge in [0, 0.05) is 13.1 Å². The third-order valence-corrected chi connectivity index (χ3v) is 4.41. The summed E-state index contributed by atoms with van der Waals surface area (Å²) in [5.41, 5.74) is 8.49. The second-order valence-electron chi connectivity index (χ2n) is 5.67. The molecule has 2 rings (SSSR count). The predicted octanol–water partition coefficient (Wildman–Crippen LogP) is 2.70. The summed E-state index contributed by atoms with van der Waals surface area (Å²) in [4.78, 5) is 0. The van der Waals surface area contributed by atoms with E-state index in [1.807, 2.05) is 11.7 Å². The fraction of sp³-hybridized carbons (Fsp3) is 0.769. The van der Waals surface area contributed by atoms with Gasteiger partial charge in [0.2, 0.25) is 0 Å². The van der Waals surface area contributed by atoms with Gasteiger partial charge in [-0.1, -0.05) is 25.4 Å². The van der Waals surface area contributed by atoms with Crippen molar-refractivity contribution < 1.29 is 0 Å². The van der Waals surface area contributed by atoms with Crippen LogP contribution in [0.3, 0.4) is 0 Å². The SMILES string of the molecule is CCc1nn(C)c(CC2(C)CCC(N)C2)c1Cl. The first kappa shape index (κ1) is 12.9. The van der Waals surface area contributed by atoms with E-state index in [1.54, 1.807) is 0 Å². The van der Waals surface area contributed by atoms with E-state index >= 15 is 0 Å². The Kier molecular flexibility index (Phi) is 3.50. The van der Waals surface area contributed by atoms with Gasteiger partial charge in [0.15, 0.2) is 0 Å². The molecule has 2 unspecified atom stereocenters. The molecule has 0 aromatic carbocycles. The third kappa shape index (κ3) is 2.50. The van der Waals surface area contributed by atoms with E-state index < -0.39 is 0 Å². The predicted molar refractivity (Wildman–Crippen MR) is 71.2 cm³/mol. The highest BCUT2D eigenvalue weighted by Crippen LogP contribution is 2.41. The Balaban J connectivity index is 2.21. The van der Waals surface area contributed by atoms with E-state index in [4.69, 9.17) is 17.3 Å². The molecule has 2 atom stereocenters. The second-order valence-corrected chi connectivity index (χ2v) is 6.05. The van der Waals surface area contributed by atoms with Gasteiger partial charge in [-0.05, 0) is 37.5 Å². The average molecular weight is 256 g/mol. The number of halogens is 1. The first-order valence-corrected chi connectivity index (χ1v) is 6.79. The van der Waals surface area contributed by atoms with Crippen molar-refractivity contribution in [3.8, 4) is 0 Å². The molecular weight excluding hydrogens is 234 g/mol. The Morgan fingerprint density at radius 1 is 1.59 bits per heavy atom. The molecule has 1 aliphatic rings. The van der Waals surface area contributed by atoms with Gasteiger partial charge in [-0.15, -0.1) is 0 Å². The molecule has 1 aromatic heterocycles. The highest BCUT2D eigenvalue weighted by atomic mass is 35.5. The molecule has 2 N–H and O–H groups in total. The zero-order valence-corrected chi connectivity index (χ0v) is 11.7. The molecule has 1 heterocycles. The molecule has 0 bridgehead atoms. The van der Waals surface area contributed by atoms with Crippen LogP contribution in [0.2, 0.25) is 5.02 Å². The fourth-order valence-electron chi connectivity index (χ4n) is 2.95. The maximum atomic E-state index is 6.39. The van der Waals surface area contributed by atoms with E-state index in [1.165, 1.54) is 12.1 Å². The minimum atomic E-state index is 0.294. The lowest BCUT2D eigenvalue weighted by Gasteiger charge is -2.23. The van der Waals surface area contributed by atoms with Gasteiger partial charge in [-0.2, -0.15) is 5.10 Å². The second kappa shape index (κ2) is 4.62.